The molecule has 1 N–H and O–H groups in total. The minimum Gasteiger partial charge on any atom is -0.495 e. The number of anilines is 1. The maximum absolute atomic E-state index is 12.4. The number of fused-ring (bicyclic) bond motifs is 1. The van der Waals surface area contributed by atoms with Gasteiger partial charge in [-0.2, -0.15) is 0 Å². The molecule has 0 unspecified atom stereocenters. The largest absolute Gasteiger partial charge is 0.495 e. The molecule has 9 nitrogen and oxygen atoms in total. The van der Waals surface area contributed by atoms with Crippen LogP contribution in [0.5, 0.6) is 5.75 Å². The molecule has 0 bridgehead atoms. The summed E-state index contributed by atoms with van der Waals surface area (Å²) in [6.45, 7) is 7.69. The molecular weight excluding hydrogens is 494 g/mol. The molecule has 1 amide bonds. The molecule has 1 aromatic carbocycles. The van der Waals surface area contributed by atoms with Crippen molar-refractivity contribution in [2.45, 2.75) is 77.4 Å². The first-order chi connectivity index (χ1) is 18.9. The highest BCUT2D eigenvalue weighted by Crippen LogP contribution is 2.39. The smallest absolute Gasteiger partial charge is 0.412 e. The Morgan fingerprint density at radius 2 is 2.00 bits per heavy atom. The van der Waals surface area contributed by atoms with Gasteiger partial charge in [-0.1, -0.05) is 19.4 Å². The van der Waals surface area contributed by atoms with Crippen molar-refractivity contribution < 1.29 is 19.0 Å². The number of imidazole rings is 1. The third-order valence-electron chi connectivity index (χ3n) is 7.81. The van der Waals surface area contributed by atoms with E-state index >= 15 is 0 Å². The number of rotatable bonds is 11. The van der Waals surface area contributed by atoms with Gasteiger partial charge in [-0.15, -0.1) is 0 Å². The number of carbonyl (C=O) groups is 1. The van der Waals surface area contributed by atoms with Crippen LogP contribution < -0.4 is 10.1 Å². The number of nitrogens with zero attached hydrogens (tertiary/aromatic N) is 4. The fraction of sp³-hybridized carbons (Fsp3) is 0.567. The highest BCUT2D eigenvalue weighted by Gasteiger charge is 2.29. The van der Waals surface area contributed by atoms with Crippen molar-refractivity contribution in [1.29, 1.82) is 0 Å². The van der Waals surface area contributed by atoms with Gasteiger partial charge >= 0.3 is 6.09 Å². The number of aromatic nitrogens is 3. The molecule has 0 radical (unpaired) electrons. The van der Waals surface area contributed by atoms with E-state index in [1.165, 1.54) is 0 Å². The maximum Gasteiger partial charge on any atom is 0.412 e. The average molecular weight is 538 g/mol. The summed E-state index contributed by atoms with van der Waals surface area (Å²) in [5.74, 6) is 2.01. The quantitative estimate of drug-likeness (QED) is 0.318. The van der Waals surface area contributed by atoms with Gasteiger partial charge in [0.2, 0.25) is 0 Å². The van der Waals surface area contributed by atoms with Crippen molar-refractivity contribution in [3.05, 3.63) is 42.1 Å². The lowest BCUT2D eigenvalue weighted by Crippen LogP contribution is -2.37. The summed E-state index contributed by atoms with van der Waals surface area (Å²) in [4.78, 5) is 24.6. The number of hydrogen-bond acceptors (Lipinski definition) is 7. The molecule has 9 heteroatoms. The van der Waals surface area contributed by atoms with Crippen molar-refractivity contribution in [2.24, 2.45) is 0 Å². The molecule has 1 saturated carbocycles. The van der Waals surface area contributed by atoms with E-state index in [4.69, 9.17) is 19.2 Å². The van der Waals surface area contributed by atoms with Crippen LogP contribution in [0.1, 0.15) is 69.8 Å². The highest BCUT2D eigenvalue weighted by molar-refractivity contribution is 5.89. The number of hydrogen-bond donors (Lipinski definition) is 1. The van der Waals surface area contributed by atoms with Gasteiger partial charge in [0.1, 0.15) is 17.7 Å². The summed E-state index contributed by atoms with van der Waals surface area (Å²) in [6, 6.07) is 6.31. The van der Waals surface area contributed by atoms with Gasteiger partial charge in [0.25, 0.3) is 0 Å². The first kappa shape index (κ1) is 28.8. The number of aryl methyl sites for hydroxylation is 1. The van der Waals surface area contributed by atoms with E-state index in [0.29, 0.717) is 23.4 Å². The molecule has 1 aliphatic carbocycles. The van der Waals surface area contributed by atoms with Crippen molar-refractivity contribution >= 4 is 17.3 Å². The Bertz CT molecular complexity index is 1250. The van der Waals surface area contributed by atoms with E-state index in [1.54, 1.807) is 14.2 Å². The number of ether oxygens (including phenoxy) is 3. The van der Waals surface area contributed by atoms with E-state index in [-0.39, 0.29) is 6.10 Å². The van der Waals surface area contributed by atoms with Crippen molar-refractivity contribution in [3.63, 3.8) is 0 Å². The molecule has 1 fully saturated rings. The normalized spacial score (nSPS) is 18.3. The number of methoxy groups -OCH3 is 2. The van der Waals surface area contributed by atoms with Crippen LogP contribution in [-0.4, -0.2) is 71.9 Å². The predicted molar refractivity (Wildman–Crippen MR) is 154 cm³/mol. The maximum atomic E-state index is 12.4. The second kappa shape index (κ2) is 13.3. The number of carbonyl (C=O) groups excluding carboxylic acids is 1. The number of benzene rings is 1. The van der Waals surface area contributed by atoms with Gasteiger partial charge in [-0.05, 0) is 65.1 Å². The first-order valence-electron chi connectivity index (χ1n) is 14.0. The van der Waals surface area contributed by atoms with E-state index in [1.807, 2.05) is 44.4 Å². The van der Waals surface area contributed by atoms with Crippen molar-refractivity contribution in [3.8, 4) is 17.0 Å². The monoisotopic (exact) mass is 537 g/mol. The number of amides is 1. The molecule has 1 atom stereocenters. The van der Waals surface area contributed by atoms with Gasteiger partial charge < -0.3 is 19.1 Å². The molecule has 2 heterocycles. The number of likely N-dealkylation sites (N-methyl/N-ethyl adjacent to an activating group) is 1. The van der Waals surface area contributed by atoms with Crippen molar-refractivity contribution in [2.75, 3.05) is 39.7 Å². The lowest BCUT2D eigenvalue weighted by molar-refractivity contribution is 0.115. The number of nitrogens with one attached hydrogen (secondary N) is 1. The summed E-state index contributed by atoms with van der Waals surface area (Å²) < 4.78 is 18.6. The molecule has 39 heavy (non-hydrogen) atoms. The molecule has 2 aromatic heterocycles. The zero-order valence-corrected chi connectivity index (χ0v) is 24.2. The van der Waals surface area contributed by atoms with Gasteiger partial charge in [0.05, 0.1) is 36.3 Å². The van der Waals surface area contributed by atoms with Gasteiger partial charge in [-0.3, -0.25) is 14.7 Å². The molecule has 0 saturated heterocycles. The van der Waals surface area contributed by atoms with Crippen LogP contribution in [0.3, 0.4) is 0 Å². The van der Waals surface area contributed by atoms with Crippen LogP contribution in [0.4, 0.5) is 10.5 Å². The minimum atomic E-state index is -0.486. The van der Waals surface area contributed by atoms with E-state index in [2.05, 4.69) is 33.6 Å². The molecule has 4 rings (SSSR count). The van der Waals surface area contributed by atoms with Crippen LogP contribution in [0.2, 0.25) is 0 Å². The Labute approximate surface area is 231 Å². The highest BCUT2D eigenvalue weighted by atomic mass is 16.6. The molecule has 212 valence electrons. The SMILES string of the molecule is CCC[C@H](C)OC(=O)Nc1ccc(-c2nc(C3CCC(N(C)CCOC)CC3)n3ccnc(C)c23)cc1OC. The van der Waals surface area contributed by atoms with Gasteiger partial charge in [-0.25, -0.2) is 9.78 Å². The summed E-state index contributed by atoms with van der Waals surface area (Å²) >= 11 is 0. The molecular formula is C30H43N5O4. The van der Waals surface area contributed by atoms with Gasteiger partial charge in [0.15, 0.2) is 0 Å². The standard InChI is InChI=1S/C30H43N5O4/c1-7-8-20(2)39-30(36)32-25-14-11-23(19-26(25)38-6)27-28-21(3)31-15-16-35(28)29(33-27)22-9-12-24(13-10-22)34(4)17-18-37-5/h11,14-16,19-20,22,24H,7-10,12-13,17-18H2,1-6H3,(H,32,36)/t20-,22?,24?/m0/s1. The summed E-state index contributed by atoms with van der Waals surface area (Å²) in [5, 5.41) is 2.82. The van der Waals surface area contributed by atoms with Gasteiger partial charge in [0, 0.05) is 43.6 Å². The zero-order valence-electron chi connectivity index (χ0n) is 24.2. The molecule has 3 aromatic rings. The van der Waals surface area contributed by atoms with Crippen molar-refractivity contribution in [1.82, 2.24) is 19.3 Å². The van der Waals surface area contributed by atoms with E-state index < -0.39 is 6.09 Å². The third kappa shape index (κ3) is 6.70. The predicted octanol–water partition coefficient (Wildman–Crippen LogP) is 6.05. The second-order valence-electron chi connectivity index (χ2n) is 10.6. The van der Waals surface area contributed by atoms with Crippen LogP contribution in [0.15, 0.2) is 30.6 Å². The lowest BCUT2D eigenvalue weighted by atomic mass is 9.85. The van der Waals surface area contributed by atoms with Crippen LogP contribution in [0, 0.1) is 6.92 Å². The second-order valence-corrected chi connectivity index (χ2v) is 10.6. The van der Waals surface area contributed by atoms with Crippen LogP contribution in [0.25, 0.3) is 16.8 Å². The Hall–Kier alpha value is -3.17. The zero-order chi connectivity index (χ0) is 27.9. The summed E-state index contributed by atoms with van der Waals surface area (Å²) in [6.07, 6.45) is 9.46. The fourth-order valence-corrected chi connectivity index (χ4v) is 5.63. The Balaban J connectivity index is 1.59. The summed E-state index contributed by atoms with van der Waals surface area (Å²) in [7, 11) is 5.55. The molecule has 1 aliphatic rings. The van der Waals surface area contributed by atoms with E-state index in [0.717, 1.165) is 80.0 Å². The minimum absolute atomic E-state index is 0.146. The summed E-state index contributed by atoms with van der Waals surface area (Å²) in [5.41, 5.74) is 4.28. The molecule has 0 aliphatic heterocycles. The Morgan fingerprint density at radius 3 is 2.69 bits per heavy atom. The first-order valence-corrected chi connectivity index (χ1v) is 14.0. The van der Waals surface area contributed by atoms with E-state index in [9.17, 15) is 4.79 Å². The lowest BCUT2D eigenvalue weighted by Gasteiger charge is -2.34. The Kier molecular flexibility index (Phi) is 9.80. The Morgan fingerprint density at radius 1 is 1.23 bits per heavy atom. The average Bonchev–Trinajstić information content (AvgIpc) is 3.33. The topological polar surface area (TPSA) is 90.2 Å². The fourth-order valence-electron chi connectivity index (χ4n) is 5.63. The van der Waals surface area contributed by atoms with Crippen LogP contribution >= 0.6 is 0 Å². The van der Waals surface area contributed by atoms with Crippen LogP contribution in [-0.2, 0) is 9.47 Å². The molecule has 0 spiro atoms. The third-order valence-corrected chi connectivity index (χ3v) is 7.81.